The zero-order valence-electron chi connectivity index (χ0n) is 8.89. The van der Waals surface area contributed by atoms with Crippen molar-refractivity contribution < 1.29 is 19.7 Å². The van der Waals surface area contributed by atoms with Crippen LogP contribution in [0.4, 0.5) is 0 Å². The summed E-state index contributed by atoms with van der Waals surface area (Å²) >= 11 is 0. The van der Waals surface area contributed by atoms with Crippen molar-refractivity contribution in [3.63, 3.8) is 0 Å². The van der Waals surface area contributed by atoms with Gasteiger partial charge in [-0.1, -0.05) is 6.07 Å². The Labute approximate surface area is 92.5 Å². The molecule has 1 atom stereocenters. The molecule has 1 aromatic carbocycles. The standard InChI is InChI=1S/C11H11NO4/c1-6-3-4-7(5-12)10(16-2)8(6)9(13)11(14)15/h3-4,9,13H,1-2H3,(H,14,15). The Kier molecular flexibility index (Phi) is 3.48. The van der Waals surface area contributed by atoms with Crippen molar-refractivity contribution in [1.29, 1.82) is 5.26 Å². The normalized spacial score (nSPS) is 11.6. The molecular formula is C11H11NO4. The summed E-state index contributed by atoms with van der Waals surface area (Å²) in [5.41, 5.74) is 0.878. The lowest BCUT2D eigenvalue weighted by atomic mass is 9.99. The molecule has 5 nitrogen and oxygen atoms in total. The van der Waals surface area contributed by atoms with Gasteiger partial charge >= 0.3 is 5.97 Å². The van der Waals surface area contributed by atoms with Crippen LogP contribution in [0.2, 0.25) is 0 Å². The zero-order chi connectivity index (χ0) is 12.3. The second-order valence-corrected chi connectivity index (χ2v) is 3.23. The molecule has 0 aliphatic heterocycles. The van der Waals surface area contributed by atoms with E-state index in [-0.39, 0.29) is 16.9 Å². The van der Waals surface area contributed by atoms with Crippen LogP contribution in [0.3, 0.4) is 0 Å². The Hall–Kier alpha value is -2.06. The lowest BCUT2D eigenvalue weighted by Crippen LogP contribution is -2.13. The van der Waals surface area contributed by atoms with E-state index in [0.717, 1.165) is 0 Å². The quantitative estimate of drug-likeness (QED) is 0.794. The van der Waals surface area contributed by atoms with Gasteiger partial charge in [-0.3, -0.25) is 0 Å². The summed E-state index contributed by atoms with van der Waals surface area (Å²) in [6, 6.07) is 4.97. The van der Waals surface area contributed by atoms with Gasteiger partial charge in [-0.25, -0.2) is 4.79 Å². The van der Waals surface area contributed by atoms with Gasteiger partial charge in [-0.05, 0) is 18.6 Å². The van der Waals surface area contributed by atoms with Crippen LogP contribution in [0.5, 0.6) is 5.75 Å². The summed E-state index contributed by atoms with van der Waals surface area (Å²) in [6.07, 6.45) is -1.69. The lowest BCUT2D eigenvalue weighted by Gasteiger charge is -2.15. The molecule has 0 aromatic heterocycles. The van der Waals surface area contributed by atoms with Gasteiger partial charge in [0.1, 0.15) is 11.8 Å². The third-order valence-corrected chi connectivity index (χ3v) is 2.25. The largest absolute Gasteiger partial charge is 0.495 e. The van der Waals surface area contributed by atoms with E-state index >= 15 is 0 Å². The molecular weight excluding hydrogens is 210 g/mol. The van der Waals surface area contributed by atoms with Crippen molar-refractivity contribution in [2.45, 2.75) is 13.0 Å². The predicted octanol–water partition coefficient (Wildman–Crippen LogP) is 0.993. The van der Waals surface area contributed by atoms with E-state index in [0.29, 0.717) is 5.56 Å². The Morgan fingerprint density at radius 1 is 1.56 bits per heavy atom. The molecule has 1 unspecified atom stereocenters. The first kappa shape index (κ1) is 12.0. The average Bonchev–Trinajstić information content (AvgIpc) is 2.27. The van der Waals surface area contributed by atoms with Gasteiger partial charge in [0, 0.05) is 5.56 Å². The molecule has 2 N–H and O–H groups in total. The topological polar surface area (TPSA) is 90.5 Å². The Balaban J connectivity index is 3.47. The van der Waals surface area contributed by atoms with Crippen LogP contribution in [0.15, 0.2) is 12.1 Å². The molecule has 1 rings (SSSR count). The number of methoxy groups -OCH3 is 1. The molecule has 16 heavy (non-hydrogen) atoms. The van der Waals surface area contributed by atoms with Crippen molar-refractivity contribution in [2.75, 3.05) is 7.11 Å². The average molecular weight is 221 g/mol. The van der Waals surface area contributed by atoms with Gasteiger partial charge < -0.3 is 14.9 Å². The molecule has 0 saturated carbocycles. The summed E-state index contributed by atoms with van der Waals surface area (Å²) in [4.78, 5) is 10.7. The number of aliphatic hydroxyl groups excluding tert-OH is 1. The maximum absolute atomic E-state index is 10.7. The van der Waals surface area contributed by atoms with Gasteiger partial charge in [0.05, 0.1) is 12.7 Å². The fourth-order valence-corrected chi connectivity index (χ4v) is 1.47. The summed E-state index contributed by atoms with van der Waals surface area (Å²) in [6.45, 7) is 1.64. The van der Waals surface area contributed by atoms with Crippen LogP contribution < -0.4 is 4.74 Å². The van der Waals surface area contributed by atoms with Crippen molar-refractivity contribution in [3.8, 4) is 11.8 Å². The molecule has 5 heteroatoms. The predicted molar refractivity (Wildman–Crippen MR) is 55.0 cm³/mol. The number of carboxylic acids is 1. The number of hydrogen-bond acceptors (Lipinski definition) is 4. The fraction of sp³-hybridized carbons (Fsp3) is 0.273. The molecule has 0 aliphatic rings. The number of aryl methyl sites for hydroxylation is 1. The van der Waals surface area contributed by atoms with E-state index in [1.54, 1.807) is 13.0 Å². The molecule has 0 spiro atoms. The highest BCUT2D eigenvalue weighted by Gasteiger charge is 2.24. The Morgan fingerprint density at radius 2 is 2.19 bits per heavy atom. The van der Waals surface area contributed by atoms with E-state index in [4.69, 9.17) is 15.1 Å². The maximum atomic E-state index is 10.7. The number of nitriles is 1. The van der Waals surface area contributed by atoms with Crippen molar-refractivity contribution >= 4 is 5.97 Å². The van der Waals surface area contributed by atoms with Crippen molar-refractivity contribution in [2.24, 2.45) is 0 Å². The third-order valence-electron chi connectivity index (χ3n) is 2.25. The number of aliphatic carboxylic acids is 1. The third kappa shape index (κ3) is 1.97. The van der Waals surface area contributed by atoms with Gasteiger partial charge in [0.15, 0.2) is 6.10 Å². The lowest BCUT2D eigenvalue weighted by molar-refractivity contribution is -0.147. The molecule has 0 aliphatic carbocycles. The molecule has 0 saturated heterocycles. The number of rotatable bonds is 3. The number of hydrogen-bond donors (Lipinski definition) is 2. The monoisotopic (exact) mass is 221 g/mol. The fourth-order valence-electron chi connectivity index (χ4n) is 1.47. The first-order chi connectivity index (χ1) is 7.52. The number of nitrogens with zero attached hydrogens (tertiary/aromatic N) is 1. The van der Waals surface area contributed by atoms with Crippen LogP contribution >= 0.6 is 0 Å². The van der Waals surface area contributed by atoms with E-state index in [2.05, 4.69) is 0 Å². The molecule has 0 fully saturated rings. The van der Waals surface area contributed by atoms with E-state index in [1.165, 1.54) is 13.2 Å². The summed E-state index contributed by atoms with van der Waals surface area (Å²) < 4.78 is 4.97. The van der Waals surface area contributed by atoms with Crippen LogP contribution in [-0.4, -0.2) is 23.3 Å². The highest BCUT2D eigenvalue weighted by molar-refractivity contribution is 5.76. The minimum Gasteiger partial charge on any atom is -0.495 e. The smallest absolute Gasteiger partial charge is 0.337 e. The molecule has 0 radical (unpaired) electrons. The summed E-state index contributed by atoms with van der Waals surface area (Å²) in [7, 11) is 1.33. The van der Waals surface area contributed by atoms with E-state index in [1.807, 2.05) is 6.07 Å². The van der Waals surface area contributed by atoms with Crippen molar-refractivity contribution in [1.82, 2.24) is 0 Å². The molecule has 0 amide bonds. The maximum Gasteiger partial charge on any atom is 0.337 e. The van der Waals surface area contributed by atoms with E-state index in [9.17, 15) is 9.90 Å². The molecule has 0 heterocycles. The van der Waals surface area contributed by atoms with Gasteiger partial charge in [-0.2, -0.15) is 5.26 Å². The first-order valence-corrected chi connectivity index (χ1v) is 4.51. The Morgan fingerprint density at radius 3 is 2.62 bits per heavy atom. The van der Waals surface area contributed by atoms with Gasteiger partial charge in [0.2, 0.25) is 0 Å². The Bertz CT molecular complexity index is 462. The van der Waals surface area contributed by atoms with Crippen molar-refractivity contribution in [3.05, 3.63) is 28.8 Å². The minimum absolute atomic E-state index is 0.109. The number of carbonyl (C=O) groups is 1. The second-order valence-electron chi connectivity index (χ2n) is 3.23. The second kappa shape index (κ2) is 4.64. The van der Waals surface area contributed by atoms with Gasteiger partial charge in [0.25, 0.3) is 0 Å². The molecule has 84 valence electrons. The summed E-state index contributed by atoms with van der Waals surface area (Å²) in [5, 5.41) is 27.1. The van der Waals surface area contributed by atoms with Crippen LogP contribution in [0, 0.1) is 18.3 Å². The van der Waals surface area contributed by atoms with Gasteiger partial charge in [-0.15, -0.1) is 0 Å². The highest BCUT2D eigenvalue weighted by atomic mass is 16.5. The minimum atomic E-state index is -1.69. The zero-order valence-corrected chi connectivity index (χ0v) is 8.89. The van der Waals surface area contributed by atoms with Crippen LogP contribution in [0.25, 0.3) is 0 Å². The first-order valence-electron chi connectivity index (χ1n) is 4.51. The number of ether oxygens (including phenoxy) is 1. The number of carboxylic acid groups (broad SMARTS) is 1. The molecule has 1 aromatic rings. The number of benzene rings is 1. The summed E-state index contributed by atoms with van der Waals surface area (Å²) in [5.74, 6) is -1.27. The highest BCUT2D eigenvalue weighted by Crippen LogP contribution is 2.31. The van der Waals surface area contributed by atoms with Crippen LogP contribution in [-0.2, 0) is 4.79 Å². The molecule has 0 bridgehead atoms. The SMILES string of the molecule is COc1c(C#N)ccc(C)c1C(O)C(=O)O. The van der Waals surface area contributed by atoms with E-state index < -0.39 is 12.1 Å². The van der Waals surface area contributed by atoms with Crippen LogP contribution in [0.1, 0.15) is 22.8 Å². The number of aliphatic hydroxyl groups is 1.